The topological polar surface area (TPSA) is 61.1 Å². The van der Waals surface area contributed by atoms with Gasteiger partial charge in [0.1, 0.15) is 0 Å². The molecule has 0 aromatic heterocycles. The largest absolute Gasteiger partial charge is 0.481 e. The summed E-state index contributed by atoms with van der Waals surface area (Å²) in [5, 5.41) is 17.2. The zero-order valence-electron chi connectivity index (χ0n) is 6.50. The second-order valence-corrected chi connectivity index (χ2v) is 3.17. The fourth-order valence-corrected chi connectivity index (χ4v) is 1.59. The van der Waals surface area contributed by atoms with Gasteiger partial charge in [-0.25, -0.2) is 0 Å². The molecule has 3 heteroatoms. The number of carbonyl (C=O) groups is 1. The number of carboxylic acid groups (broad SMARTS) is 1. The first-order valence-electron chi connectivity index (χ1n) is 3.77. The summed E-state index contributed by atoms with van der Waals surface area (Å²) in [6.07, 6.45) is 1.71. The molecule has 1 N–H and O–H groups in total. The van der Waals surface area contributed by atoms with Crippen LogP contribution in [0.3, 0.4) is 0 Å². The van der Waals surface area contributed by atoms with Gasteiger partial charge in [0.2, 0.25) is 0 Å². The monoisotopic (exact) mass is 153 g/mol. The molecule has 0 amide bonds. The minimum Gasteiger partial charge on any atom is -0.481 e. The molecule has 3 nitrogen and oxygen atoms in total. The SMILES string of the molecule is CCC1(C(=O)O)CC(C#N)C1. The van der Waals surface area contributed by atoms with Crippen LogP contribution in [0.15, 0.2) is 0 Å². The Morgan fingerprint density at radius 1 is 1.82 bits per heavy atom. The normalized spacial score (nSPS) is 35.5. The predicted octanol–water partition coefficient (Wildman–Crippen LogP) is 1.40. The van der Waals surface area contributed by atoms with Gasteiger partial charge >= 0.3 is 5.97 Å². The van der Waals surface area contributed by atoms with Crippen LogP contribution >= 0.6 is 0 Å². The van der Waals surface area contributed by atoms with Crippen LogP contribution in [0, 0.1) is 22.7 Å². The predicted molar refractivity (Wildman–Crippen MR) is 38.7 cm³/mol. The third-order valence-electron chi connectivity index (χ3n) is 2.59. The van der Waals surface area contributed by atoms with E-state index in [2.05, 4.69) is 6.07 Å². The first-order valence-corrected chi connectivity index (χ1v) is 3.77. The van der Waals surface area contributed by atoms with Crippen molar-refractivity contribution in [2.24, 2.45) is 11.3 Å². The summed E-state index contributed by atoms with van der Waals surface area (Å²) >= 11 is 0. The van der Waals surface area contributed by atoms with Crippen molar-refractivity contribution in [3.8, 4) is 6.07 Å². The molecule has 1 aliphatic rings. The molecule has 11 heavy (non-hydrogen) atoms. The number of aliphatic carboxylic acids is 1. The second-order valence-electron chi connectivity index (χ2n) is 3.17. The van der Waals surface area contributed by atoms with Gasteiger partial charge in [-0.15, -0.1) is 0 Å². The molecule has 1 aliphatic carbocycles. The summed E-state index contributed by atoms with van der Waals surface area (Å²) in [5.74, 6) is -0.766. The fourth-order valence-electron chi connectivity index (χ4n) is 1.59. The van der Waals surface area contributed by atoms with Crippen LogP contribution in [0.4, 0.5) is 0 Å². The molecular weight excluding hydrogens is 142 g/mol. The maximum atomic E-state index is 10.7. The van der Waals surface area contributed by atoms with Crippen molar-refractivity contribution < 1.29 is 9.90 Å². The highest BCUT2D eigenvalue weighted by atomic mass is 16.4. The number of nitrogens with zero attached hydrogens (tertiary/aromatic N) is 1. The molecule has 0 radical (unpaired) electrons. The van der Waals surface area contributed by atoms with Crippen LogP contribution in [0.5, 0.6) is 0 Å². The van der Waals surface area contributed by atoms with Gasteiger partial charge in [-0.1, -0.05) is 6.92 Å². The van der Waals surface area contributed by atoms with Gasteiger partial charge in [0.15, 0.2) is 0 Å². The Morgan fingerprint density at radius 3 is 2.64 bits per heavy atom. The summed E-state index contributed by atoms with van der Waals surface area (Å²) in [7, 11) is 0. The minimum absolute atomic E-state index is 0.0222. The van der Waals surface area contributed by atoms with Crippen molar-refractivity contribution in [2.75, 3.05) is 0 Å². The Labute approximate surface area is 65.6 Å². The maximum Gasteiger partial charge on any atom is 0.309 e. The quantitative estimate of drug-likeness (QED) is 0.652. The van der Waals surface area contributed by atoms with Gasteiger partial charge < -0.3 is 5.11 Å². The van der Waals surface area contributed by atoms with E-state index in [-0.39, 0.29) is 5.92 Å². The number of hydrogen-bond acceptors (Lipinski definition) is 2. The highest BCUT2D eigenvalue weighted by molar-refractivity contribution is 5.76. The second kappa shape index (κ2) is 2.54. The lowest BCUT2D eigenvalue weighted by molar-refractivity contribution is -0.156. The van der Waals surface area contributed by atoms with E-state index >= 15 is 0 Å². The Morgan fingerprint density at radius 2 is 2.36 bits per heavy atom. The summed E-state index contributed by atoms with van der Waals surface area (Å²) in [6.45, 7) is 1.86. The molecule has 1 fully saturated rings. The van der Waals surface area contributed by atoms with Crippen LogP contribution in [-0.4, -0.2) is 11.1 Å². The van der Waals surface area contributed by atoms with E-state index < -0.39 is 11.4 Å². The lowest BCUT2D eigenvalue weighted by Gasteiger charge is -2.40. The summed E-state index contributed by atoms with van der Waals surface area (Å²) < 4.78 is 0. The van der Waals surface area contributed by atoms with E-state index in [0.717, 1.165) is 0 Å². The van der Waals surface area contributed by atoms with Crippen molar-refractivity contribution in [3.63, 3.8) is 0 Å². The van der Waals surface area contributed by atoms with Crippen molar-refractivity contribution in [1.82, 2.24) is 0 Å². The zero-order valence-corrected chi connectivity index (χ0v) is 6.50. The van der Waals surface area contributed by atoms with E-state index in [1.165, 1.54) is 0 Å². The number of rotatable bonds is 2. The van der Waals surface area contributed by atoms with E-state index in [1.54, 1.807) is 0 Å². The highest BCUT2D eigenvalue weighted by Crippen LogP contribution is 2.47. The number of carboxylic acids is 1. The Balaban J connectivity index is 2.59. The Hall–Kier alpha value is -1.04. The van der Waals surface area contributed by atoms with Crippen molar-refractivity contribution in [2.45, 2.75) is 26.2 Å². The molecule has 0 aromatic rings. The molecule has 0 aliphatic heterocycles. The maximum absolute atomic E-state index is 10.7. The smallest absolute Gasteiger partial charge is 0.309 e. The van der Waals surface area contributed by atoms with E-state index in [4.69, 9.17) is 10.4 Å². The summed E-state index contributed by atoms with van der Waals surface area (Å²) in [6, 6.07) is 2.08. The van der Waals surface area contributed by atoms with Gasteiger partial charge in [0.25, 0.3) is 0 Å². The average molecular weight is 153 g/mol. The van der Waals surface area contributed by atoms with Crippen molar-refractivity contribution in [1.29, 1.82) is 5.26 Å². The van der Waals surface area contributed by atoms with Crippen LogP contribution in [-0.2, 0) is 4.79 Å². The molecule has 0 atom stereocenters. The summed E-state index contributed by atoms with van der Waals surface area (Å²) in [5.41, 5.74) is -0.569. The minimum atomic E-state index is -0.744. The van der Waals surface area contributed by atoms with Crippen molar-refractivity contribution >= 4 is 5.97 Å². The van der Waals surface area contributed by atoms with Crippen LogP contribution in [0.2, 0.25) is 0 Å². The van der Waals surface area contributed by atoms with E-state index in [0.29, 0.717) is 19.3 Å². The average Bonchev–Trinajstić information content (AvgIpc) is 1.86. The zero-order chi connectivity index (χ0) is 8.48. The molecule has 1 rings (SSSR count). The first kappa shape index (κ1) is 8.06. The third kappa shape index (κ3) is 1.09. The highest BCUT2D eigenvalue weighted by Gasteiger charge is 2.48. The van der Waals surface area contributed by atoms with Crippen LogP contribution < -0.4 is 0 Å². The van der Waals surface area contributed by atoms with E-state index in [9.17, 15) is 4.79 Å². The third-order valence-corrected chi connectivity index (χ3v) is 2.59. The first-order chi connectivity index (χ1) is 5.14. The van der Waals surface area contributed by atoms with Gasteiger partial charge in [-0.05, 0) is 19.3 Å². The van der Waals surface area contributed by atoms with Gasteiger partial charge in [-0.3, -0.25) is 4.79 Å². The summed E-state index contributed by atoms with van der Waals surface area (Å²) in [4.78, 5) is 10.7. The molecule has 0 bridgehead atoms. The standard InChI is InChI=1S/C8H11NO2/c1-2-8(7(10)11)3-6(4-8)5-9/h6H,2-4H2,1H3,(H,10,11). The Bertz CT molecular complexity index is 211. The Kier molecular flexibility index (Phi) is 1.86. The van der Waals surface area contributed by atoms with E-state index in [1.807, 2.05) is 6.92 Å². The van der Waals surface area contributed by atoms with Gasteiger partial charge in [-0.2, -0.15) is 5.26 Å². The molecule has 0 aromatic carbocycles. The molecule has 60 valence electrons. The molecule has 0 saturated heterocycles. The van der Waals surface area contributed by atoms with Gasteiger partial charge in [0, 0.05) is 5.92 Å². The lowest BCUT2D eigenvalue weighted by Crippen LogP contribution is -2.42. The van der Waals surface area contributed by atoms with Gasteiger partial charge in [0.05, 0.1) is 11.5 Å². The fraction of sp³-hybridized carbons (Fsp3) is 0.750. The van der Waals surface area contributed by atoms with Crippen molar-refractivity contribution in [3.05, 3.63) is 0 Å². The number of hydrogen-bond donors (Lipinski definition) is 1. The molecule has 0 heterocycles. The van der Waals surface area contributed by atoms with Crippen LogP contribution in [0.1, 0.15) is 26.2 Å². The van der Waals surface area contributed by atoms with Crippen LogP contribution in [0.25, 0.3) is 0 Å². The number of nitriles is 1. The molecular formula is C8H11NO2. The molecule has 0 spiro atoms. The lowest BCUT2D eigenvalue weighted by atomic mass is 9.61. The molecule has 0 unspecified atom stereocenters. The molecule has 1 saturated carbocycles.